The van der Waals surface area contributed by atoms with Crippen LogP contribution in [-0.2, 0) is 12.8 Å². The van der Waals surface area contributed by atoms with Crippen molar-refractivity contribution in [1.82, 2.24) is 0 Å². The van der Waals surface area contributed by atoms with Gasteiger partial charge in [-0.3, -0.25) is 4.79 Å². The molecule has 98 valence electrons. The molecule has 0 aliphatic heterocycles. The van der Waals surface area contributed by atoms with Gasteiger partial charge in [-0.15, -0.1) is 11.3 Å². The second-order valence-electron chi connectivity index (χ2n) is 5.32. The zero-order valence-corrected chi connectivity index (χ0v) is 12.0. The number of Topliss-reactive ketones (excluding diaryl/α,β-unsaturated/α-hetero) is 1. The summed E-state index contributed by atoms with van der Waals surface area (Å²) in [6, 6.07) is 8.35. The second-order valence-corrected chi connectivity index (χ2v) is 6.45. The summed E-state index contributed by atoms with van der Waals surface area (Å²) in [6.45, 7) is 3.86. The SMILES string of the molecule is CC(C)C(=O)c1c(N)sc2c1-c1ccccc1CC2. The van der Waals surface area contributed by atoms with E-state index in [4.69, 9.17) is 5.73 Å². The van der Waals surface area contributed by atoms with E-state index in [2.05, 4.69) is 18.2 Å². The first kappa shape index (κ1) is 12.4. The molecule has 0 unspecified atom stereocenters. The van der Waals surface area contributed by atoms with Crippen molar-refractivity contribution in [1.29, 1.82) is 0 Å². The lowest BCUT2D eigenvalue weighted by atomic mass is 9.86. The molecule has 0 saturated heterocycles. The lowest BCUT2D eigenvalue weighted by molar-refractivity contribution is 0.0941. The molecule has 0 bridgehead atoms. The van der Waals surface area contributed by atoms with Crippen molar-refractivity contribution in [3.63, 3.8) is 0 Å². The lowest BCUT2D eigenvalue weighted by Gasteiger charge is -2.18. The molecule has 1 aromatic carbocycles. The predicted octanol–water partition coefficient (Wildman–Crippen LogP) is 3.93. The van der Waals surface area contributed by atoms with Gasteiger partial charge in [0.15, 0.2) is 5.78 Å². The molecule has 0 radical (unpaired) electrons. The molecule has 2 N–H and O–H groups in total. The third kappa shape index (κ3) is 1.89. The number of nitrogens with two attached hydrogens (primary N) is 1. The highest BCUT2D eigenvalue weighted by Gasteiger charge is 2.28. The van der Waals surface area contributed by atoms with E-state index < -0.39 is 0 Å². The fraction of sp³-hybridized carbons (Fsp3) is 0.312. The van der Waals surface area contributed by atoms with Crippen LogP contribution >= 0.6 is 11.3 Å². The zero-order valence-electron chi connectivity index (χ0n) is 11.2. The molecule has 1 aliphatic rings. The molecule has 0 fully saturated rings. The Labute approximate surface area is 117 Å². The molecule has 1 aliphatic carbocycles. The maximum Gasteiger partial charge on any atom is 0.168 e. The lowest BCUT2D eigenvalue weighted by Crippen LogP contribution is -2.11. The summed E-state index contributed by atoms with van der Waals surface area (Å²) in [4.78, 5) is 13.7. The number of carbonyl (C=O) groups excluding carboxylic acids is 1. The minimum absolute atomic E-state index is 0.0184. The van der Waals surface area contributed by atoms with Crippen molar-refractivity contribution < 1.29 is 4.79 Å². The fourth-order valence-electron chi connectivity index (χ4n) is 2.72. The maximum absolute atomic E-state index is 12.4. The van der Waals surface area contributed by atoms with Gasteiger partial charge in [0.25, 0.3) is 0 Å². The van der Waals surface area contributed by atoms with E-state index in [1.165, 1.54) is 16.0 Å². The van der Waals surface area contributed by atoms with Crippen LogP contribution in [-0.4, -0.2) is 5.78 Å². The van der Waals surface area contributed by atoms with Crippen LogP contribution in [0.5, 0.6) is 0 Å². The minimum atomic E-state index is -0.0184. The Morgan fingerprint density at radius 1 is 1.26 bits per heavy atom. The summed E-state index contributed by atoms with van der Waals surface area (Å²) in [5.74, 6) is 0.141. The summed E-state index contributed by atoms with van der Waals surface area (Å²) in [7, 11) is 0. The highest BCUT2D eigenvalue weighted by atomic mass is 32.1. The minimum Gasteiger partial charge on any atom is -0.390 e. The van der Waals surface area contributed by atoms with Crippen LogP contribution in [0.4, 0.5) is 5.00 Å². The number of thiophene rings is 1. The number of nitrogen functional groups attached to an aromatic ring is 1. The Morgan fingerprint density at radius 2 is 2.00 bits per heavy atom. The molecule has 1 heterocycles. The van der Waals surface area contributed by atoms with Crippen molar-refractivity contribution in [2.75, 3.05) is 5.73 Å². The molecule has 19 heavy (non-hydrogen) atoms. The van der Waals surface area contributed by atoms with Crippen LogP contribution in [0.15, 0.2) is 24.3 Å². The van der Waals surface area contributed by atoms with Crippen LogP contribution in [0.1, 0.15) is 34.6 Å². The van der Waals surface area contributed by atoms with E-state index in [0.29, 0.717) is 5.00 Å². The molecule has 0 atom stereocenters. The van der Waals surface area contributed by atoms with Gasteiger partial charge < -0.3 is 5.73 Å². The Kier molecular flexibility index (Phi) is 2.94. The summed E-state index contributed by atoms with van der Waals surface area (Å²) in [5.41, 5.74) is 10.5. The molecule has 0 spiro atoms. The van der Waals surface area contributed by atoms with Crippen molar-refractivity contribution in [3.8, 4) is 11.1 Å². The van der Waals surface area contributed by atoms with Gasteiger partial charge >= 0.3 is 0 Å². The molecule has 0 saturated carbocycles. The molecule has 1 aromatic heterocycles. The Hall–Kier alpha value is -1.61. The predicted molar refractivity (Wildman–Crippen MR) is 80.7 cm³/mol. The van der Waals surface area contributed by atoms with E-state index in [1.54, 1.807) is 11.3 Å². The van der Waals surface area contributed by atoms with Crippen molar-refractivity contribution in [2.24, 2.45) is 5.92 Å². The summed E-state index contributed by atoms with van der Waals surface area (Å²) >= 11 is 1.58. The Morgan fingerprint density at radius 3 is 2.74 bits per heavy atom. The Balaban J connectivity index is 2.26. The monoisotopic (exact) mass is 271 g/mol. The standard InChI is InChI=1S/C16H17NOS/c1-9(2)15(18)14-13-11-6-4-3-5-10(11)7-8-12(13)19-16(14)17/h3-6,9H,7-8,17H2,1-2H3. The van der Waals surface area contributed by atoms with Crippen LogP contribution in [0.2, 0.25) is 0 Å². The normalized spacial score (nSPS) is 13.2. The second kappa shape index (κ2) is 4.49. The van der Waals surface area contributed by atoms with Gasteiger partial charge in [0.2, 0.25) is 0 Å². The molecular weight excluding hydrogens is 254 g/mol. The first-order valence-electron chi connectivity index (χ1n) is 6.63. The van der Waals surface area contributed by atoms with Gasteiger partial charge in [0, 0.05) is 16.4 Å². The van der Waals surface area contributed by atoms with E-state index in [0.717, 1.165) is 24.0 Å². The Bertz CT molecular complexity index is 655. The largest absolute Gasteiger partial charge is 0.390 e. The van der Waals surface area contributed by atoms with Gasteiger partial charge in [-0.25, -0.2) is 0 Å². The molecule has 3 rings (SSSR count). The van der Waals surface area contributed by atoms with Gasteiger partial charge in [-0.05, 0) is 24.0 Å². The number of aryl methyl sites for hydroxylation is 2. The highest BCUT2D eigenvalue weighted by Crippen LogP contribution is 2.44. The zero-order chi connectivity index (χ0) is 13.6. The van der Waals surface area contributed by atoms with Crippen LogP contribution < -0.4 is 5.73 Å². The van der Waals surface area contributed by atoms with E-state index in [1.807, 2.05) is 19.9 Å². The third-order valence-corrected chi connectivity index (χ3v) is 4.77. The number of fused-ring (bicyclic) bond motifs is 3. The number of anilines is 1. The van der Waals surface area contributed by atoms with Crippen molar-refractivity contribution >= 4 is 22.1 Å². The smallest absolute Gasteiger partial charge is 0.168 e. The number of benzene rings is 1. The molecular formula is C16H17NOS. The number of carbonyl (C=O) groups is 1. The van der Waals surface area contributed by atoms with E-state index >= 15 is 0 Å². The van der Waals surface area contributed by atoms with Crippen molar-refractivity contribution in [2.45, 2.75) is 26.7 Å². The third-order valence-electron chi connectivity index (χ3n) is 3.69. The molecule has 3 heteroatoms. The average molecular weight is 271 g/mol. The van der Waals surface area contributed by atoms with Crippen LogP contribution in [0.3, 0.4) is 0 Å². The summed E-state index contributed by atoms with van der Waals surface area (Å²) in [6.07, 6.45) is 2.03. The molecule has 2 nitrogen and oxygen atoms in total. The van der Waals surface area contributed by atoms with Gasteiger partial charge in [-0.1, -0.05) is 38.1 Å². The molecule has 2 aromatic rings. The topological polar surface area (TPSA) is 43.1 Å². The van der Waals surface area contributed by atoms with E-state index in [9.17, 15) is 4.79 Å². The van der Waals surface area contributed by atoms with Crippen molar-refractivity contribution in [3.05, 3.63) is 40.3 Å². The van der Waals surface area contributed by atoms with Gasteiger partial charge in [0.05, 0.1) is 10.6 Å². The summed E-state index contributed by atoms with van der Waals surface area (Å²) < 4.78 is 0. The number of hydrogen-bond acceptors (Lipinski definition) is 3. The first-order valence-corrected chi connectivity index (χ1v) is 7.45. The first-order chi connectivity index (χ1) is 9.09. The van der Waals surface area contributed by atoms with E-state index in [-0.39, 0.29) is 11.7 Å². The van der Waals surface area contributed by atoms with Crippen LogP contribution in [0, 0.1) is 5.92 Å². The number of rotatable bonds is 2. The maximum atomic E-state index is 12.4. The van der Waals surface area contributed by atoms with Gasteiger partial charge in [0.1, 0.15) is 0 Å². The fourth-order valence-corrected chi connectivity index (χ4v) is 3.81. The summed E-state index contributed by atoms with van der Waals surface area (Å²) in [5, 5.41) is 0.681. The number of hydrogen-bond donors (Lipinski definition) is 1. The van der Waals surface area contributed by atoms with Gasteiger partial charge in [-0.2, -0.15) is 0 Å². The van der Waals surface area contributed by atoms with Crippen LogP contribution in [0.25, 0.3) is 11.1 Å². The molecule has 0 amide bonds. The number of ketones is 1. The highest BCUT2D eigenvalue weighted by molar-refractivity contribution is 7.17. The average Bonchev–Trinajstić information content (AvgIpc) is 2.74. The quantitative estimate of drug-likeness (QED) is 0.841.